The molecule has 18 heavy (non-hydrogen) atoms. The minimum absolute atomic E-state index is 0.0399. The average molecular weight is 278 g/mol. The van der Waals surface area contributed by atoms with E-state index in [4.69, 9.17) is 17.3 Å². The lowest BCUT2D eigenvalue weighted by molar-refractivity contribution is -0.137. The molecule has 0 saturated heterocycles. The number of hydrogen-bond donors (Lipinski definition) is 1. The largest absolute Gasteiger partial charge is 0.417 e. The van der Waals surface area contributed by atoms with Crippen LogP contribution in [0.1, 0.15) is 11.5 Å². The molecule has 0 fully saturated rings. The van der Waals surface area contributed by atoms with E-state index in [0.29, 0.717) is 0 Å². The Hall–Kier alpha value is -1.60. The van der Waals surface area contributed by atoms with Crippen molar-refractivity contribution in [3.63, 3.8) is 0 Å². The Labute approximate surface area is 105 Å². The number of alkyl halides is 3. The van der Waals surface area contributed by atoms with Crippen LogP contribution >= 0.6 is 11.6 Å². The summed E-state index contributed by atoms with van der Waals surface area (Å²) in [6.07, 6.45) is -4.55. The molecular formula is C10H7ClF3N3O. The molecule has 0 bridgehead atoms. The molecule has 8 heteroatoms. The first-order chi connectivity index (χ1) is 8.43. The second kappa shape index (κ2) is 4.58. The first-order valence-corrected chi connectivity index (χ1v) is 5.20. The van der Waals surface area contributed by atoms with Gasteiger partial charge in [-0.25, -0.2) is 0 Å². The van der Waals surface area contributed by atoms with Gasteiger partial charge in [0.2, 0.25) is 11.7 Å². The summed E-state index contributed by atoms with van der Waals surface area (Å²) < 4.78 is 43.2. The maximum atomic E-state index is 12.8. The second-order valence-corrected chi connectivity index (χ2v) is 3.78. The van der Waals surface area contributed by atoms with Gasteiger partial charge in [0.05, 0.1) is 22.7 Å². The van der Waals surface area contributed by atoms with Crippen LogP contribution < -0.4 is 5.73 Å². The van der Waals surface area contributed by atoms with Crippen LogP contribution in [-0.4, -0.2) is 10.1 Å². The minimum atomic E-state index is -4.55. The molecule has 1 heterocycles. The van der Waals surface area contributed by atoms with Crippen molar-refractivity contribution in [1.82, 2.24) is 10.1 Å². The van der Waals surface area contributed by atoms with Crippen LogP contribution in [0.4, 0.5) is 13.2 Å². The van der Waals surface area contributed by atoms with Gasteiger partial charge in [-0.2, -0.15) is 18.2 Å². The number of halogens is 4. The number of nitrogens with two attached hydrogens (primary N) is 1. The van der Waals surface area contributed by atoms with E-state index in [2.05, 4.69) is 14.7 Å². The fourth-order valence-electron chi connectivity index (χ4n) is 1.43. The van der Waals surface area contributed by atoms with Crippen molar-refractivity contribution in [2.24, 2.45) is 5.73 Å². The van der Waals surface area contributed by atoms with Crippen LogP contribution in [0.3, 0.4) is 0 Å². The molecule has 96 valence electrons. The van der Waals surface area contributed by atoms with Crippen molar-refractivity contribution < 1.29 is 17.7 Å². The first kappa shape index (κ1) is 12.8. The lowest BCUT2D eigenvalue weighted by atomic mass is 10.1. The lowest BCUT2D eigenvalue weighted by Gasteiger charge is -2.11. The van der Waals surface area contributed by atoms with Crippen LogP contribution in [0.5, 0.6) is 0 Å². The van der Waals surface area contributed by atoms with Gasteiger partial charge in [0, 0.05) is 0 Å². The number of benzene rings is 1. The predicted molar refractivity (Wildman–Crippen MR) is 57.6 cm³/mol. The highest BCUT2D eigenvalue weighted by Gasteiger charge is 2.35. The van der Waals surface area contributed by atoms with Gasteiger partial charge in [-0.3, -0.25) is 0 Å². The quantitative estimate of drug-likeness (QED) is 0.917. The summed E-state index contributed by atoms with van der Waals surface area (Å²) in [4.78, 5) is 3.75. The number of aromatic nitrogens is 2. The topological polar surface area (TPSA) is 64.9 Å². The molecule has 1 aromatic heterocycles. The molecular weight excluding hydrogens is 271 g/mol. The maximum absolute atomic E-state index is 12.8. The molecule has 2 rings (SSSR count). The summed E-state index contributed by atoms with van der Waals surface area (Å²) >= 11 is 5.77. The fraction of sp³-hybridized carbons (Fsp3) is 0.200. The molecule has 0 saturated carbocycles. The van der Waals surface area contributed by atoms with Gasteiger partial charge in [0.1, 0.15) is 0 Å². The van der Waals surface area contributed by atoms with E-state index in [9.17, 15) is 13.2 Å². The van der Waals surface area contributed by atoms with Crippen molar-refractivity contribution >= 4 is 11.6 Å². The standard InChI is InChI=1S/C10H7ClF3N3O/c11-6-3-1-2-5(10(12,13)14)8(6)9-16-7(4-15)18-17-9/h1-3H,4,15H2. The van der Waals surface area contributed by atoms with Gasteiger partial charge >= 0.3 is 6.18 Å². The van der Waals surface area contributed by atoms with Crippen LogP contribution in [-0.2, 0) is 12.7 Å². The van der Waals surface area contributed by atoms with Crippen molar-refractivity contribution in [2.45, 2.75) is 12.7 Å². The zero-order valence-electron chi connectivity index (χ0n) is 8.83. The summed E-state index contributed by atoms with van der Waals surface area (Å²) in [6.45, 7) is -0.0567. The van der Waals surface area contributed by atoms with Crippen molar-refractivity contribution in [2.75, 3.05) is 0 Å². The summed E-state index contributed by atoms with van der Waals surface area (Å²) in [5, 5.41) is 3.34. The second-order valence-electron chi connectivity index (χ2n) is 3.38. The van der Waals surface area contributed by atoms with Crippen LogP contribution in [0, 0.1) is 0 Å². The Kier molecular flexibility index (Phi) is 3.27. The van der Waals surface area contributed by atoms with E-state index < -0.39 is 11.7 Å². The number of hydrogen-bond acceptors (Lipinski definition) is 4. The van der Waals surface area contributed by atoms with E-state index in [0.717, 1.165) is 6.07 Å². The van der Waals surface area contributed by atoms with E-state index in [1.54, 1.807) is 0 Å². The van der Waals surface area contributed by atoms with E-state index in [1.807, 2.05) is 0 Å². The van der Waals surface area contributed by atoms with Gasteiger partial charge in [0.25, 0.3) is 0 Å². The smallest absolute Gasteiger partial charge is 0.338 e. The Morgan fingerprint density at radius 1 is 1.33 bits per heavy atom. The fourth-order valence-corrected chi connectivity index (χ4v) is 1.69. The summed E-state index contributed by atoms with van der Waals surface area (Å²) in [6, 6.07) is 3.43. The Morgan fingerprint density at radius 2 is 2.06 bits per heavy atom. The third-order valence-corrected chi connectivity index (χ3v) is 2.50. The molecule has 0 aliphatic heterocycles. The van der Waals surface area contributed by atoms with Gasteiger partial charge < -0.3 is 10.3 Å². The molecule has 2 N–H and O–H groups in total. The summed E-state index contributed by atoms with van der Waals surface area (Å²) in [5.41, 5.74) is 4.02. The normalized spacial score (nSPS) is 11.8. The van der Waals surface area contributed by atoms with Crippen LogP contribution in [0.25, 0.3) is 11.4 Å². The van der Waals surface area contributed by atoms with Gasteiger partial charge in [-0.1, -0.05) is 22.8 Å². The third-order valence-electron chi connectivity index (χ3n) is 2.19. The van der Waals surface area contributed by atoms with Crippen molar-refractivity contribution in [3.8, 4) is 11.4 Å². The molecule has 0 aliphatic carbocycles. The molecule has 0 spiro atoms. The van der Waals surface area contributed by atoms with Gasteiger partial charge in [-0.05, 0) is 12.1 Å². The molecule has 0 amide bonds. The molecule has 0 atom stereocenters. The molecule has 0 radical (unpaired) electrons. The third kappa shape index (κ3) is 2.32. The maximum Gasteiger partial charge on any atom is 0.417 e. The monoisotopic (exact) mass is 277 g/mol. The first-order valence-electron chi connectivity index (χ1n) is 4.82. The highest BCUT2D eigenvalue weighted by molar-refractivity contribution is 6.33. The Balaban J connectivity index is 2.62. The van der Waals surface area contributed by atoms with Gasteiger partial charge in [-0.15, -0.1) is 0 Å². The number of nitrogens with zero attached hydrogens (tertiary/aromatic N) is 2. The van der Waals surface area contributed by atoms with Crippen molar-refractivity contribution in [3.05, 3.63) is 34.7 Å². The highest BCUT2D eigenvalue weighted by Crippen LogP contribution is 2.39. The molecule has 4 nitrogen and oxygen atoms in total. The van der Waals surface area contributed by atoms with E-state index in [1.165, 1.54) is 12.1 Å². The van der Waals surface area contributed by atoms with E-state index in [-0.39, 0.29) is 28.8 Å². The molecule has 0 unspecified atom stereocenters. The minimum Gasteiger partial charge on any atom is -0.338 e. The SMILES string of the molecule is NCc1nc(-c2c(Cl)cccc2C(F)(F)F)no1. The Bertz CT molecular complexity index is 568. The van der Waals surface area contributed by atoms with Gasteiger partial charge in [0.15, 0.2) is 0 Å². The Morgan fingerprint density at radius 3 is 2.61 bits per heavy atom. The molecule has 1 aromatic carbocycles. The summed E-state index contributed by atoms with van der Waals surface area (Å²) in [7, 11) is 0. The lowest BCUT2D eigenvalue weighted by Crippen LogP contribution is -2.08. The molecule has 2 aromatic rings. The predicted octanol–water partition coefficient (Wildman–Crippen LogP) is 2.87. The van der Waals surface area contributed by atoms with Crippen LogP contribution in [0.15, 0.2) is 22.7 Å². The number of rotatable bonds is 2. The van der Waals surface area contributed by atoms with Crippen LogP contribution in [0.2, 0.25) is 5.02 Å². The zero-order valence-corrected chi connectivity index (χ0v) is 9.59. The summed E-state index contributed by atoms with van der Waals surface area (Å²) in [5.74, 6) is -0.189. The highest BCUT2D eigenvalue weighted by atomic mass is 35.5. The van der Waals surface area contributed by atoms with Crippen molar-refractivity contribution in [1.29, 1.82) is 0 Å². The zero-order chi connectivity index (χ0) is 13.3. The molecule has 0 aliphatic rings. The van der Waals surface area contributed by atoms with E-state index >= 15 is 0 Å². The average Bonchev–Trinajstić information content (AvgIpc) is 2.75.